The highest BCUT2D eigenvalue weighted by Gasteiger charge is 2.38. The molecule has 0 amide bonds. The van der Waals surface area contributed by atoms with E-state index in [1.807, 2.05) is 0 Å². The van der Waals surface area contributed by atoms with Crippen molar-refractivity contribution < 1.29 is 19.6 Å². The van der Waals surface area contributed by atoms with Crippen molar-refractivity contribution in [2.75, 3.05) is 13.7 Å². The molecule has 0 radical (unpaired) electrons. The first kappa shape index (κ1) is 22.2. The number of allylic oxidation sites excluding steroid dienone is 4. The number of ether oxygens (including phenoxy) is 1. The predicted molar refractivity (Wildman–Crippen MR) is 118 cm³/mol. The van der Waals surface area contributed by atoms with Crippen molar-refractivity contribution in [1.29, 1.82) is 0 Å². The van der Waals surface area contributed by atoms with Crippen molar-refractivity contribution in [1.82, 2.24) is 9.88 Å². The lowest BCUT2D eigenvalue weighted by atomic mass is 9.83. The summed E-state index contributed by atoms with van der Waals surface area (Å²) in [5, 5.41) is 1.22. The maximum atomic E-state index is 14.7. The van der Waals surface area contributed by atoms with E-state index in [9.17, 15) is 8.78 Å². The number of hydrogen-bond donors (Lipinski definition) is 1. The first-order chi connectivity index (χ1) is 13.9. The average Bonchev–Trinajstić information content (AvgIpc) is 3.01. The van der Waals surface area contributed by atoms with Gasteiger partial charge in [0, 0.05) is 48.6 Å². The van der Waals surface area contributed by atoms with Gasteiger partial charge in [0.05, 0.1) is 13.2 Å². The maximum absolute atomic E-state index is 14.7. The van der Waals surface area contributed by atoms with Crippen molar-refractivity contribution >= 4 is 10.9 Å². The van der Waals surface area contributed by atoms with E-state index in [2.05, 4.69) is 48.9 Å². The second-order valence-corrected chi connectivity index (χ2v) is 8.16. The molecule has 1 aromatic heterocycles. The summed E-state index contributed by atoms with van der Waals surface area (Å²) in [6, 6.07) is 6.57. The Balaban J connectivity index is 0.00000171. The number of nitrogens with zero attached hydrogens (tertiary/aromatic N) is 1. The predicted octanol–water partition coefficient (Wildman–Crippen LogP) is 6.44. The van der Waals surface area contributed by atoms with E-state index in [1.165, 1.54) is 35.8 Å². The van der Waals surface area contributed by atoms with Crippen LogP contribution in [0.1, 0.15) is 44.6 Å². The van der Waals surface area contributed by atoms with E-state index in [1.54, 1.807) is 6.08 Å². The van der Waals surface area contributed by atoms with E-state index in [0.717, 1.165) is 24.2 Å². The Kier molecular flexibility index (Phi) is 6.46. The van der Waals surface area contributed by atoms with E-state index in [0.29, 0.717) is 0 Å². The minimum absolute atomic E-state index is 0. The molecule has 3 atom stereocenters. The molecule has 30 heavy (non-hydrogen) atoms. The summed E-state index contributed by atoms with van der Waals surface area (Å²) in [6.45, 7) is 7.22. The van der Waals surface area contributed by atoms with Crippen LogP contribution in [-0.2, 0) is 11.2 Å². The van der Waals surface area contributed by atoms with Crippen LogP contribution in [-0.4, -0.2) is 29.6 Å². The summed E-state index contributed by atoms with van der Waals surface area (Å²) in [5.74, 6) is -0.814. The fourth-order valence-corrected chi connectivity index (χ4v) is 4.92. The summed E-state index contributed by atoms with van der Waals surface area (Å²) in [6.07, 6.45) is 5.16. The molecular weight excluding hydrogens is 389 g/mol. The van der Waals surface area contributed by atoms with Gasteiger partial charge in [-0.15, -0.1) is 0 Å². The van der Waals surface area contributed by atoms with Gasteiger partial charge in [-0.05, 0) is 50.6 Å². The molecule has 1 aliphatic carbocycles. The van der Waals surface area contributed by atoms with Crippen LogP contribution < -0.4 is 0 Å². The van der Waals surface area contributed by atoms with Crippen molar-refractivity contribution in [3.63, 3.8) is 0 Å². The van der Waals surface area contributed by atoms with Gasteiger partial charge in [-0.1, -0.05) is 18.6 Å². The number of aromatic amines is 1. The summed E-state index contributed by atoms with van der Waals surface area (Å²) in [4.78, 5) is 5.94. The van der Waals surface area contributed by atoms with Crippen LogP contribution in [0.2, 0.25) is 0 Å². The number of aryl methyl sites for hydroxylation is 1. The number of benzene rings is 1. The zero-order chi connectivity index (χ0) is 20.7. The minimum Gasteiger partial charge on any atom is -0.497 e. The molecule has 1 aliphatic heterocycles. The molecule has 6 heteroatoms. The molecule has 1 aromatic carbocycles. The molecule has 1 unspecified atom stereocenters. The molecule has 0 spiro atoms. The van der Waals surface area contributed by atoms with Gasteiger partial charge < -0.3 is 9.72 Å². The lowest BCUT2D eigenvalue weighted by molar-refractivity contribution is 0.100. The fraction of sp³-hybridized carbons (Fsp3) is 0.417. The minimum atomic E-state index is -0.390. The summed E-state index contributed by atoms with van der Waals surface area (Å²) in [7, 11) is 1.42. The molecule has 0 fully saturated rings. The monoisotopic (exact) mass is 420 g/mol. The molecular formula is C24H31F3N2O. The molecule has 2 aromatic rings. The number of nitrogens with one attached hydrogen (secondary N) is 1. The van der Waals surface area contributed by atoms with Crippen LogP contribution in [0.3, 0.4) is 0 Å². The van der Waals surface area contributed by atoms with Gasteiger partial charge in [0.2, 0.25) is 0 Å². The number of likely N-dealkylation sites (N-methyl/N-ethyl adjacent to an activating group) is 1. The van der Waals surface area contributed by atoms with Crippen LogP contribution in [0.5, 0.6) is 0 Å². The largest absolute Gasteiger partial charge is 0.497 e. The number of aromatic nitrogens is 1. The van der Waals surface area contributed by atoms with Gasteiger partial charge in [0.15, 0.2) is 0 Å². The summed E-state index contributed by atoms with van der Waals surface area (Å²) >= 11 is 0. The van der Waals surface area contributed by atoms with E-state index in [-0.39, 0.29) is 42.1 Å². The van der Waals surface area contributed by atoms with Crippen molar-refractivity contribution in [3.8, 4) is 0 Å². The third-order valence-corrected chi connectivity index (χ3v) is 6.20. The van der Waals surface area contributed by atoms with Gasteiger partial charge in [0.1, 0.15) is 17.4 Å². The number of rotatable bonds is 3. The molecule has 0 saturated heterocycles. The van der Waals surface area contributed by atoms with Crippen LogP contribution in [0.15, 0.2) is 53.8 Å². The highest BCUT2D eigenvalue weighted by molar-refractivity contribution is 5.86. The lowest BCUT2D eigenvalue weighted by Gasteiger charge is -2.43. The lowest BCUT2D eigenvalue weighted by Crippen LogP contribution is -2.44. The molecule has 2 aliphatic rings. The van der Waals surface area contributed by atoms with E-state index in [4.69, 9.17) is 4.74 Å². The average molecular weight is 421 g/mol. The van der Waals surface area contributed by atoms with Gasteiger partial charge in [-0.25, -0.2) is 8.78 Å². The standard InChI is InChI=1S/C24H28F2N2O.FH.H2/c1-5-28-15(3)9-21-20-8-14(2)6-7-22(20)27-23(21)24(28)16-10-17(25)12-19(29-4)13-18(26)11-16;;/h6-8,10,12-13,15-16,24,27H,5,9,11H2,1-4H3;2*1H/b17-10-,18-13+,19-12+;;/t15-,16?,24-;;/m0../s1. The van der Waals surface area contributed by atoms with E-state index >= 15 is 0 Å². The van der Waals surface area contributed by atoms with Gasteiger partial charge >= 0.3 is 0 Å². The zero-order valence-electron chi connectivity index (χ0n) is 17.8. The molecule has 164 valence electrons. The Morgan fingerprint density at radius 3 is 2.70 bits per heavy atom. The number of hydrogen-bond acceptors (Lipinski definition) is 2. The number of methoxy groups -OCH3 is 1. The van der Waals surface area contributed by atoms with Gasteiger partial charge in [-0.3, -0.25) is 9.60 Å². The van der Waals surface area contributed by atoms with Crippen molar-refractivity contribution in [3.05, 3.63) is 70.7 Å². The van der Waals surface area contributed by atoms with Crippen LogP contribution in [0.25, 0.3) is 10.9 Å². The molecule has 0 saturated carbocycles. The van der Waals surface area contributed by atoms with E-state index < -0.39 is 5.83 Å². The first-order valence-electron chi connectivity index (χ1n) is 10.3. The topological polar surface area (TPSA) is 28.3 Å². The molecule has 0 bridgehead atoms. The highest BCUT2D eigenvalue weighted by atomic mass is 19.1. The van der Waals surface area contributed by atoms with Gasteiger partial charge in [0.25, 0.3) is 0 Å². The Bertz CT molecular complexity index is 1030. The number of halogens is 3. The normalized spacial score (nSPS) is 29.9. The third kappa shape index (κ3) is 3.93. The Hall–Kier alpha value is -2.47. The summed E-state index contributed by atoms with van der Waals surface area (Å²) in [5.41, 5.74) is 4.66. The summed E-state index contributed by atoms with van der Waals surface area (Å²) < 4.78 is 34.5. The number of H-pyrrole nitrogens is 1. The number of fused-ring (bicyclic) bond motifs is 3. The Morgan fingerprint density at radius 1 is 1.23 bits per heavy atom. The van der Waals surface area contributed by atoms with Crippen LogP contribution in [0.4, 0.5) is 13.5 Å². The smallest absolute Gasteiger partial charge is 0.124 e. The quantitative estimate of drug-likeness (QED) is 0.619. The van der Waals surface area contributed by atoms with Crippen molar-refractivity contribution in [2.24, 2.45) is 5.92 Å². The molecule has 1 N–H and O–H groups in total. The molecule has 4 rings (SSSR count). The zero-order valence-corrected chi connectivity index (χ0v) is 17.8. The highest BCUT2D eigenvalue weighted by Crippen LogP contribution is 2.44. The second kappa shape index (κ2) is 8.72. The molecule has 3 nitrogen and oxygen atoms in total. The van der Waals surface area contributed by atoms with Gasteiger partial charge in [-0.2, -0.15) is 0 Å². The SMILES string of the molecule is CCN1[C@@H](C2/C=C(F)/C=C(OC)\C=C(\F)C2)c2[nH]c3ccc(C)cc3c2C[C@@H]1C.F.[HH]. The Morgan fingerprint density at radius 2 is 2.00 bits per heavy atom. The van der Waals surface area contributed by atoms with Crippen molar-refractivity contribution in [2.45, 2.75) is 45.7 Å². The Labute approximate surface area is 176 Å². The second-order valence-electron chi connectivity index (χ2n) is 8.16. The fourth-order valence-electron chi connectivity index (χ4n) is 4.92. The third-order valence-electron chi connectivity index (χ3n) is 6.20. The van der Waals surface area contributed by atoms with Crippen LogP contribution >= 0.6 is 0 Å². The first-order valence-corrected chi connectivity index (χ1v) is 10.3. The van der Waals surface area contributed by atoms with Crippen LogP contribution in [0, 0.1) is 12.8 Å². The molecule has 2 heterocycles. The maximum Gasteiger partial charge on any atom is 0.124 e.